The maximum atomic E-state index is 10.6. The number of nitrogens with two attached hydrogens (primary N) is 1. The first-order chi connectivity index (χ1) is 7.15. The third-order valence-corrected chi connectivity index (χ3v) is 3.09. The van der Waals surface area contributed by atoms with Crippen molar-refractivity contribution in [1.82, 2.24) is 0 Å². The van der Waals surface area contributed by atoms with Crippen LogP contribution in [0, 0.1) is 15.5 Å². The van der Waals surface area contributed by atoms with Crippen LogP contribution in [0.4, 0.5) is 5.69 Å². The lowest BCUT2D eigenvalue weighted by Crippen LogP contribution is -2.17. The summed E-state index contributed by atoms with van der Waals surface area (Å²) in [6.45, 7) is 0.676. The van der Waals surface area contributed by atoms with Crippen LogP contribution >= 0.6 is 0 Å². The first kappa shape index (κ1) is 10.1. The Bertz CT molecular complexity index is 386. The second-order valence-electron chi connectivity index (χ2n) is 4.31. The van der Waals surface area contributed by atoms with Crippen LogP contribution in [0.5, 0.6) is 0 Å². The number of hydrogen-bond donors (Lipinski definition) is 1. The number of rotatable bonds is 4. The zero-order valence-electron chi connectivity index (χ0n) is 8.48. The van der Waals surface area contributed by atoms with E-state index in [0.717, 1.165) is 24.8 Å². The van der Waals surface area contributed by atoms with E-state index >= 15 is 0 Å². The molecule has 0 amide bonds. The molecule has 0 heterocycles. The molecule has 1 saturated carbocycles. The molecule has 1 aromatic carbocycles. The van der Waals surface area contributed by atoms with Crippen molar-refractivity contribution in [2.24, 2.45) is 11.1 Å². The van der Waals surface area contributed by atoms with Crippen molar-refractivity contribution in [2.75, 3.05) is 6.54 Å². The minimum absolute atomic E-state index is 0.167. The van der Waals surface area contributed by atoms with Crippen molar-refractivity contribution in [1.29, 1.82) is 0 Å². The Labute approximate surface area is 88.2 Å². The van der Waals surface area contributed by atoms with Crippen molar-refractivity contribution in [3.8, 4) is 0 Å². The number of nitro groups is 1. The minimum Gasteiger partial charge on any atom is -0.330 e. The molecule has 2 rings (SSSR count). The van der Waals surface area contributed by atoms with Crippen LogP contribution in [0.3, 0.4) is 0 Å². The standard InChI is InChI=1S/C11H14N2O2/c12-8-11(4-5-11)7-9-2-1-3-10(6-9)13(14)15/h1-3,6H,4-5,7-8,12H2. The molecule has 1 aliphatic carbocycles. The van der Waals surface area contributed by atoms with Gasteiger partial charge in [-0.05, 0) is 36.8 Å². The normalized spacial score (nSPS) is 17.4. The van der Waals surface area contributed by atoms with Crippen LogP contribution in [0.2, 0.25) is 0 Å². The molecule has 0 saturated heterocycles. The van der Waals surface area contributed by atoms with Gasteiger partial charge in [-0.1, -0.05) is 12.1 Å². The minimum atomic E-state index is -0.356. The molecule has 0 aliphatic heterocycles. The van der Waals surface area contributed by atoms with E-state index in [1.807, 2.05) is 6.07 Å². The number of benzene rings is 1. The highest BCUT2D eigenvalue weighted by molar-refractivity contribution is 5.35. The van der Waals surface area contributed by atoms with Gasteiger partial charge >= 0.3 is 0 Å². The highest BCUT2D eigenvalue weighted by atomic mass is 16.6. The average Bonchev–Trinajstić information content (AvgIpc) is 2.99. The zero-order chi connectivity index (χ0) is 10.9. The summed E-state index contributed by atoms with van der Waals surface area (Å²) in [7, 11) is 0. The van der Waals surface area contributed by atoms with E-state index < -0.39 is 0 Å². The van der Waals surface area contributed by atoms with E-state index in [-0.39, 0.29) is 16.0 Å². The average molecular weight is 206 g/mol. The zero-order valence-corrected chi connectivity index (χ0v) is 8.48. The molecular weight excluding hydrogens is 192 g/mol. The smallest absolute Gasteiger partial charge is 0.269 e. The van der Waals surface area contributed by atoms with E-state index in [1.165, 1.54) is 6.07 Å². The first-order valence-electron chi connectivity index (χ1n) is 5.09. The second kappa shape index (κ2) is 3.62. The SMILES string of the molecule is NCC1(Cc2cccc([N+](=O)[O-])c2)CC1. The quantitative estimate of drug-likeness (QED) is 0.604. The Balaban J connectivity index is 2.15. The van der Waals surface area contributed by atoms with Gasteiger partial charge in [-0.15, -0.1) is 0 Å². The molecule has 4 nitrogen and oxygen atoms in total. The molecule has 4 heteroatoms. The fraction of sp³-hybridized carbons (Fsp3) is 0.455. The van der Waals surface area contributed by atoms with Crippen LogP contribution < -0.4 is 5.73 Å². The fourth-order valence-corrected chi connectivity index (χ4v) is 1.84. The maximum Gasteiger partial charge on any atom is 0.269 e. The Morgan fingerprint density at radius 2 is 2.20 bits per heavy atom. The number of nitrogens with zero attached hydrogens (tertiary/aromatic N) is 1. The molecule has 1 aliphatic rings. The lowest BCUT2D eigenvalue weighted by molar-refractivity contribution is -0.384. The number of nitro benzene ring substituents is 1. The topological polar surface area (TPSA) is 69.2 Å². The molecule has 0 atom stereocenters. The molecule has 0 unspecified atom stereocenters. The predicted molar refractivity (Wildman–Crippen MR) is 57.5 cm³/mol. The van der Waals surface area contributed by atoms with E-state index in [2.05, 4.69) is 0 Å². The van der Waals surface area contributed by atoms with Crippen molar-refractivity contribution in [3.05, 3.63) is 39.9 Å². The highest BCUT2D eigenvalue weighted by Crippen LogP contribution is 2.47. The predicted octanol–water partition coefficient (Wildman–Crippen LogP) is 1.88. The summed E-state index contributed by atoms with van der Waals surface area (Å²) in [6.07, 6.45) is 3.16. The summed E-state index contributed by atoms with van der Waals surface area (Å²) in [5.74, 6) is 0. The lowest BCUT2D eigenvalue weighted by atomic mass is 9.96. The largest absolute Gasteiger partial charge is 0.330 e. The van der Waals surface area contributed by atoms with Crippen molar-refractivity contribution >= 4 is 5.69 Å². The fourth-order valence-electron chi connectivity index (χ4n) is 1.84. The lowest BCUT2D eigenvalue weighted by Gasteiger charge is -2.11. The maximum absolute atomic E-state index is 10.6. The Morgan fingerprint density at radius 1 is 1.47 bits per heavy atom. The monoisotopic (exact) mass is 206 g/mol. The van der Waals surface area contributed by atoms with Crippen LogP contribution in [0.25, 0.3) is 0 Å². The summed E-state index contributed by atoms with van der Waals surface area (Å²) in [5, 5.41) is 10.6. The summed E-state index contributed by atoms with van der Waals surface area (Å²) >= 11 is 0. The molecule has 80 valence electrons. The summed E-state index contributed by atoms with van der Waals surface area (Å²) < 4.78 is 0. The van der Waals surface area contributed by atoms with E-state index in [9.17, 15) is 10.1 Å². The van der Waals surface area contributed by atoms with Crippen molar-refractivity contribution in [3.63, 3.8) is 0 Å². The second-order valence-corrected chi connectivity index (χ2v) is 4.31. The third kappa shape index (κ3) is 2.15. The van der Waals surface area contributed by atoms with Gasteiger partial charge in [0.2, 0.25) is 0 Å². The van der Waals surface area contributed by atoms with Crippen molar-refractivity contribution in [2.45, 2.75) is 19.3 Å². The molecule has 0 aromatic heterocycles. The Morgan fingerprint density at radius 3 is 2.73 bits per heavy atom. The molecule has 0 bridgehead atoms. The summed E-state index contributed by atoms with van der Waals surface area (Å²) in [4.78, 5) is 10.2. The third-order valence-electron chi connectivity index (χ3n) is 3.09. The highest BCUT2D eigenvalue weighted by Gasteiger charge is 2.41. The van der Waals surface area contributed by atoms with Crippen LogP contribution in [0.1, 0.15) is 18.4 Å². The molecule has 1 aromatic rings. The van der Waals surface area contributed by atoms with Gasteiger partial charge in [0.15, 0.2) is 0 Å². The van der Waals surface area contributed by atoms with Gasteiger partial charge in [-0.3, -0.25) is 10.1 Å². The molecule has 15 heavy (non-hydrogen) atoms. The van der Waals surface area contributed by atoms with Crippen LogP contribution in [-0.4, -0.2) is 11.5 Å². The molecule has 2 N–H and O–H groups in total. The van der Waals surface area contributed by atoms with Crippen molar-refractivity contribution < 1.29 is 4.92 Å². The van der Waals surface area contributed by atoms with E-state index in [1.54, 1.807) is 12.1 Å². The Kier molecular flexibility index (Phi) is 2.44. The van der Waals surface area contributed by atoms with Gasteiger partial charge in [0.05, 0.1) is 4.92 Å². The van der Waals surface area contributed by atoms with E-state index in [0.29, 0.717) is 6.54 Å². The van der Waals surface area contributed by atoms with Crippen LogP contribution in [0.15, 0.2) is 24.3 Å². The van der Waals surface area contributed by atoms with Gasteiger partial charge in [-0.25, -0.2) is 0 Å². The Hall–Kier alpha value is -1.42. The van der Waals surface area contributed by atoms with Gasteiger partial charge in [-0.2, -0.15) is 0 Å². The first-order valence-corrected chi connectivity index (χ1v) is 5.09. The summed E-state index contributed by atoms with van der Waals surface area (Å²) in [5.41, 5.74) is 7.10. The number of hydrogen-bond acceptors (Lipinski definition) is 3. The molecule has 1 fully saturated rings. The van der Waals surface area contributed by atoms with Crippen LogP contribution in [-0.2, 0) is 6.42 Å². The van der Waals surface area contributed by atoms with Gasteiger partial charge < -0.3 is 5.73 Å². The molecule has 0 radical (unpaired) electrons. The number of non-ortho nitro benzene ring substituents is 1. The van der Waals surface area contributed by atoms with E-state index in [4.69, 9.17) is 5.73 Å². The van der Waals surface area contributed by atoms with Gasteiger partial charge in [0.1, 0.15) is 0 Å². The van der Waals surface area contributed by atoms with Gasteiger partial charge in [0.25, 0.3) is 5.69 Å². The van der Waals surface area contributed by atoms with Gasteiger partial charge in [0, 0.05) is 12.1 Å². The summed E-state index contributed by atoms with van der Waals surface area (Å²) in [6, 6.07) is 6.84. The molecular formula is C11H14N2O2. The molecule has 0 spiro atoms.